The summed E-state index contributed by atoms with van der Waals surface area (Å²) in [6.45, 7) is 0.140. The molecule has 13 heavy (non-hydrogen) atoms. The van der Waals surface area contributed by atoms with Crippen molar-refractivity contribution in [3.8, 4) is 0 Å². The quantitative estimate of drug-likeness (QED) is 0.598. The molecular formula is C7H8O5S. The van der Waals surface area contributed by atoms with Gasteiger partial charge >= 0.3 is 10.1 Å². The zero-order chi connectivity index (χ0) is 9.47. The molecule has 0 radical (unpaired) electrons. The predicted octanol–water partition coefficient (Wildman–Crippen LogP) is 0.117. The molecule has 0 N–H and O–H groups in total. The van der Waals surface area contributed by atoms with Crippen molar-refractivity contribution in [1.82, 2.24) is 0 Å². The summed E-state index contributed by atoms with van der Waals surface area (Å²) in [6.07, 6.45) is 3.68. The molecule has 0 aromatic heterocycles. The van der Waals surface area contributed by atoms with Crippen molar-refractivity contribution in [1.29, 1.82) is 0 Å². The maximum Gasteiger partial charge on any atom is 0.306 e. The van der Waals surface area contributed by atoms with Gasteiger partial charge in [-0.05, 0) is 12.2 Å². The van der Waals surface area contributed by atoms with E-state index in [1.54, 1.807) is 6.08 Å². The summed E-state index contributed by atoms with van der Waals surface area (Å²) < 4.78 is 36.4. The molecule has 1 atom stereocenters. The molecule has 5 nitrogen and oxygen atoms in total. The Balaban J connectivity index is 2.13. The molecule has 2 aliphatic rings. The molecule has 1 aliphatic heterocycles. The number of fused-ring (bicyclic) bond motifs is 1. The number of ether oxygens (including phenoxy) is 2. The van der Waals surface area contributed by atoms with E-state index in [0.717, 1.165) is 6.26 Å². The fourth-order valence-electron chi connectivity index (χ4n) is 1.18. The van der Waals surface area contributed by atoms with Gasteiger partial charge in [-0.15, -0.1) is 0 Å². The van der Waals surface area contributed by atoms with Crippen LogP contribution in [-0.4, -0.2) is 27.6 Å². The van der Waals surface area contributed by atoms with Crippen molar-refractivity contribution in [2.24, 2.45) is 0 Å². The number of allylic oxidation sites excluding steroid dienone is 2. The van der Waals surface area contributed by atoms with Gasteiger partial charge < -0.3 is 13.7 Å². The highest BCUT2D eigenvalue weighted by Gasteiger charge is 2.33. The largest absolute Gasteiger partial charge is 0.469 e. The molecule has 0 saturated carbocycles. The van der Waals surface area contributed by atoms with Gasteiger partial charge in [0.2, 0.25) is 0 Å². The zero-order valence-corrected chi connectivity index (χ0v) is 7.71. The number of hydrogen-bond acceptors (Lipinski definition) is 5. The van der Waals surface area contributed by atoms with Crippen LogP contribution in [0.15, 0.2) is 23.7 Å². The first kappa shape index (κ1) is 8.58. The SMILES string of the molecule is CS(=O)(=O)OC1=CC=C2OCOC21. The lowest BCUT2D eigenvalue weighted by molar-refractivity contribution is 0.0496. The van der Waals surface area contributed by atoms with E-state index in [1.807, 2.05) is 0 Å². The molecule has 1 aliphatic carbocycles. The highest BCUT2D eigenvalue weighted by atomic mass is 32.2. The van der Waals surface area contributed by atoms with E-state index < -0.39 is 16.2 Å². The van der Waals surface area contributed by atoms with Crippen molar-refractivity contribution in [2.75, 3.05) is 13.0 Å². The Morgan fingerprint density at radius 2 is 2.31 bits per heavy atom. The van der Waals surface area contributed by atoms with Crippen molar-refractivity contribution >= 4 is 10.1 Å². The summed E-state index contributed by atoms with van der Waals surface area (Å²) in [4.78, 5) is 0. The first-order chi connectivity index (χ1) is 6.06. The Morgan fingerprint density at radius 1 is 1.54 bits per heavy atom. The van der Waals surface area contributed by atoms with E-state index in [2.05, 4.69) is 4.18 Å². The maximum atomic E-state index is 10.8. The second-order valence-corrected chi connectivity index (χ2v) is 4.31. The lowest BCUT2D eigenvalue weighted by Crippen LogP contribution is -2.14. The second-order valence-electron chi connectivity index (χ2n) is 2.73. The van der Waals surface area contributed by atoms with Crippen LogP contribution in [0.4, 0.5) is 0 Å². The third-order valence-corrected chi connectivity index (χ3v) is 2.13. The van der Waals surface area contributed by atoms with E-state index in [0.29, 0.717) is 5.76 Å². The van der Waals surface area contributed by atoms with Gasteiger partial charge in [-0.3, -0.25) is 0 Å². The second kappa shape index (κ2) is 2.74. The average Bonchev–Trinajstić information content (AvgIpc) is 2.50. The van der Waals surface area contributed by atoms with Gasteiger partial charge in [-0.25, -0.2) is 0 Å². The Labute approximate surface area is 75.7 Å². The molecule has 0 aromatic carbocycles. The molecule has 1 unspecified atom stereocenters. The van der Waals surface area contributed by atoms with Gasteiger partial charge in [-0.2, -0.15) is 8.42 Å². The average molecular weight is 204 g/mol. The van der Waals surface area contributed by atoms with Crippen molar-refractivity contribution in [3.63, 3.8) is 0 Å². The number of rotatable bonds is 2. The molecule has 1 fully saturated rings. The van der Waals surface area contributed by atoms with Crippen molar-refractivity contribution < 1.29 is 22.1 Å². The predicted molar refractivity (Wildman–Crippen MR) is 42.9 cm³/mol. The fourth-order valence-corrected chi connectivity index (χ4v) is 1.68. The van der Waals surface area contributed by atoms with Crippen LogP contribution >= 0.6 is 0 Å². The van der Waals surface area contributed by atoms with Crippen molar-refractivity contribution in [3.05, 3.63) is 23.7 Å². The van der Waals surface area contributed by atoms with Gasteiger partial charge in [0.05, 0.1) is 6.26 Å². The van der Waals surface area contributed by atoms with Crippen LogP contribution < -0.4 is 0 Å². The summed E-state index contributed by atoms with van der Waals surface area (Å²) in [5.41, 5.74) is 0. The monoisotopic (exact) mass is 204 g/mol. The van der Waals surface area contributed by atoms with E-state index in [1.165, 1.54) is 6.08 Å². The van der Waals surface area contributed by atoms with Crippen LogP contribution in [0.3, 0.4) is 0 Å². The van der Waals surface area contributed by atoms with Crippen LogP contribution in [0, 0.1) is 0 Å². The molecule has 0 amide bonds. The molecular weight excluding hydrogens is 196 g/mol. The van der Waals surface area contributed by atoms with Crippen LogP contribution in [-0.2, 0) is 23.8 Å². The van der Waals surface area contributed by atoms with Crippen LogP contribution in [0.2, 0.25) is 0 Å². The Bertz CT molecular complexity index is 378. The van der Waals surface area contributed by atoms with Gasteiger partial charge in [0.1, 0.15) is 5.76 Å². The fraction of sp³-hybridized carbons (Fsp3) is 0.429. The first-order valence-corrected chi connectivity index (χ1v) is 5.43. The first-order valence-electron chi connectivity index (χ1n) is 3.62. The Morgan fingerprint density at radius 3 is 3.00 bits per heavy atom. The molecule has 1 saturated heterocycles. The summed E-state index contributed by atoms with van der Waals surface area (Å²) in [6, 6.07) is 0. The normalized spacial score (nSPS) is 26.1. The Hall–Kier alpha value is -1.01. The lowest BCUT2D eigenvalue weighted by Gasteiger charge is -2.08. The Kier molecular flexibility index (Phi) is 1.81. The van der Waals surface area contributed by atoms with E-state index in [-0.39, 0.29) is 12.6 Å². The molecule has 6 heteroatoms. The minimum absolute atomic E-state index is 0.140. The minimum atomic E-state index is -3.48. The highest BCUT2D eigenvalue weighted by Crippen LogP contribution is 2.30. The lowest BCUT2D eigenvalue weighted by atomic mass is 10.3. The van der Waals surface area contributed by atoms with E-state index in [4.69, 9.17) is 9.47 Å². The molecule has 0 bridgehead atoms. The van der Waals surface area contributed by atoms with Crippen LogP contribution in [0.1, 0.15) is 0 Å². The molecule has 1 heterocycles. The van der Waals surface area contributed by atoms with E-state index >= 15 is 0 Å². The standard InChI is InChI=1S/C7H8O5S/c1-13(8,9)12-6-3-2-5-7(6)11-4-10-5/h2-3,7H,4H2,1H3. The maximum absolute atomic E-state index is 10.8. The summed E-state index contributed by atoms with van der Waals surface area (Å²) in [7, 11) is -3.48. The molecule has 0 spiro atoms. The highest BCUT2D eigenvalue weighted by molar-refractivity contribution is 7.86. The smallest absolute Gasteiger partial charge is 0.306 e. The van der Waals surface area contributed by atoms with Gasteiger partial charge in [0.15, 0.2) is 18.7 Å². The van der Waals surface area contributed by atoms with Crippen LogP contribution in [0.5, 0.6) is 0 Å². The summed E-state index contributed by atoms with van der Waals surface area (Å²) in [5, 5.41) is 0. The molecule has 2 rings (SSSR count). The van der Waals surface area contributed by atoms with Gasteiger partial charge in [0, 0.05) is 0 Å². The molecule has 0 aromatic rings. The number of hydrogen-bond donors (Lipinski definition) is 0. The molecule has 72 valence electrons. The third kappa shape index (κ3) is 1.68. The topological polar surface area (TPSA) is 61.8 Å². The third-order valence-electron chi connectivity index (χ3n) is 1.64. The van der Waals surface area contributed by atoms with Crippen molar-refractivity contribution in [2.45, 2.75) is 6.10 Å². The zero-order valence-electron chi connectivity index (χ0n) is 6.89. The minimum Gasteiger partial charge on any atom is -0.469 e. The summed E-state index contributed by atoms with van der Waals surface area (Å²) in [5.74, 6) is 0.855. The van der Waals surface area contributed by atoms with Gasteiger partial charge in [0.25, 0.3) is 0 Å². The van der Waals surface area contributed by atoms with Crippen LogP contribution in [0.25, 0.3) is 0 Å². The van der Waals surface area contributed by atoms with Gasteiger partial charge in [-0.1, -0.05) is 0 Å². The van der Waals surface area contributed by atoms with E-state index in [9.17, 15) is 8.42 Å². The summed E-state index contributed by atoms with van der Waals surface area (Å²) >= 11 is 0.